The lowest BCUT2D eigenvalue weighted by Crippen LogP contribution is -2.37. The first-order valence-electron chi connectivity index (χ1n) is 5.10. The second-order valence-electron chi connectivity index (χ2n) is 3.81. The summed E-state index contributed by atoms with van der Waals surface area (Å²) in [5.74, 6) is 0.147. The number of amides is 1. The lowest BCUT2D eigenvalue weighted by molar-refractivity contribution is -0.130. The van der Waals surface area contributed by atoms with E-state index in [1.165, 1.54) is 0 Å². The van der Waals surface area contributed by atoms with E-state index >= 15 is 0 Å². The predicted octanol–water partition coefficient (Wildman–Crippen LogP) is 3.23. The molecule has 88 valence electrons. The van der Waals surface area contributed by atoms with Crippen LogP contribution in [-0.4, -0.2) is 29.2 Å². The molecule has 0 saturated carbocycles. The number of likely N-dealkylation sites (N-methyl/N-ethyl adjacent to an activating group) is 1. The summed E-state index contributed by atoms with van der Waals surface area (Å²) in [6, 6.07) is 8.07. The fourth-order valence-electron chi connectivity index (χ4n) is 1.25. The molecular formula is C12H15Br2NO. The van der Waals surface area contributed by atoms with Gasteiger partial charge >= 0.3 is 0 Å². The van der Waals surface area contributed by atoms with Gasteiger partial charge in [0.15, 0.2) is 0 Å². The van der Waals surface area contributed by atoms with Gasteiger partial charge in [0.05, 0.1) is 6.42 Å². The minimum absolute atomic E-state index is 0.147. The molecule has 4 heteroatoms. The summed E-state index contributed by atoms with van der Waals surface area (Å²) in [7, 11) is 1.84. The first-order valence-corrected chi connectivity index (χ1v) is 7.02. The summed E-state index contributed by atoms with van der Waals surface area (Å²) in [6.07, 6.45) is 0.459. The van der Waals surface area contributed by atoms with Crippen LogP contribution in [0.1, 0.15) is 12.5 Å². The van der Waals surface area contributed by atoms with Crippen LogP contribution in [0.4, 0.5) is 0 Å². The van der Waals surface area contributed by atoms with E-state index in [9.17, 15) is 4.79 Å². The number of nitrogens with zero attached hydrogens (tertiary/aromatic N) is 1. The van der Waals surface area contributed by atoms with Gasteiger partial charge in [0.25, 0.3) is 0 Å². The molecule has 0 saturated heterocycles. The SMILES string of the molecule is CC(CBr)N(C)C(=O)Cc1ccc(Br)cc1. The highest BCUT2D eigenvalue weighted by Gasteiger charge is 2.14. The van der Waals surface area contributed by atoms with E-state index in [2.05, 4.69) is 31.9 Å². The number of hydrogen-bond acceptors (Lipinski definition) is 1. The summed E-state index contributed by atoms with van der Waals surface area (Å²) < 4.78 is 1.03. The third-order valence-electron chi connectivity index (χ3n) is 2.55. The molecule has 1 atom stereocenters. The standard InChI is InChI=1S/C12H15Br2NO/c1-9(8-13)15(2)12(16)7-10-3-5-11(14)6-4-10/h3-6,9H,7-8H2,1-2H3. The van der Waals surface area contributed by atoms with Gasteiger partial charge in [-0.3, -0.25) is 4.79 Å². The predicted molar refractivity (Wildman–Crippen MR) is 73.9 cm³/mol. The van der Waals surface area contributed by atoms with Crippen molar-refractivity contribution in [3.63, 3.8) is 0 Å². The third-order valence-corrected chi connectivity index (χ3v) is 4.01. The molecule has 0 heterocycles. The van der Waals surface area contributed by atoms with Crippen molar-refractivity contribution in [2.75, 3.05) is 12.4 Å². The second kappa shape index (κ2) is 6.40. The average Bonchev–Trinajstić information content (AvgIpc) is 2.30. The van der Waals surface area contributed by atoms with Crippen molar-refractivity contribution >= 4 is 37.8 Å². The molecule has 1 aromatic carbocycles. The van der Waals surface area contributed by atoms with Crippen LogP contribution < -0.4 is 0 Å². The largest absolute Gasteiger partial charge is 0.342 e. The zero-order chi connectivity index (χ0) is 12.1. The maximum absolute atomic E-state index is 11.9. The summed E-state index contributed by atoms with van der Waals surface area (Å²) >= 11 is 6.75. The van der Waals surface area contributed by atoms with Gasteiger partial charge in [-0.05, 0) is 24.6 Å². The van der Waals surface area contributed by atoms with Crippen molar-refractivity contribution < 1.29 is 4.79 Å². The highest BCUT2D eigenvalue weighted by atomic mass is 79.9. The molecule has 0 aliphatic heterocycles. The van der Waals surface area contributed by atoms with E-state index in [1.54, 1.807) is 4.90 Å². The lowest BCUT2D eigenvalue weighted by Gasteiger charge is -2.23. The van der Waals surface area contributed by atoms with Crippen molar-refractivity contribution in [3.05, 3.63) is 34.3 Å². The van der Waals surface area contributed by atoms with Crippen molar-refractivity contribution in [2.24, 2.45) is 0 Å². The van der Waals surface area contributed by atoms with Crippen LogP contribution in [-0.2, 0) is 11.2 Å². The van der Waals surface area contributed by atoms with E-state index in [1.807, 2.05) is 38.2 Å². The molecular weight excluding hydrogens is 334 g/mol. The second-order valence-corrected chi connectivity index (χ2v) is 5.37. The zero-order valence-corrected chi connectivity index (χ0v) is 12.6. The monoisotopic (exact) mass is 347 g/mol. The molecule has 0 aliphatic carbocycles. The average molecular weight is 349 g/mol. The van der Waals surface area contributed by atoms with Gasteiger partial charge in [-0.2, -0.15) is 0 Å². The smallest absolute Gasteiger partial charge is 0.226 e. The van der Waals surface area contributed by atoms with Crippen molar-refractivity contribution in [3.8, 4) is 0 Å². The third kappa shape index (κ3) is 3.91. The minimum atomic E-state index is 0.147. The molecule has 0 spiro atoms. The molecule has 1 amide bonds. The maximum atomic E-state index is 11.9. The number of carbonyl (C=O) groups is 1. The fraction of sp³-hybridized carbons (Fsp3) is 0.417. The highest BCUT2D eigenvalue weighted by Crippen LogP contribution is 2.12. The van der Waals surface area contributed by atoms with Crippen molar-refractivity contribution in [1.29, 1.82) is 0 Å². The number of halogens is 2. The van der Waals surface area contributed by atoms with Crippen LogP contribution in [0.15, 0.2) is 28.7 Å². The van der Waals surface area contributed by atoms with Gasteiger partial charge < -0.3 is 4.90 Å². The Morgan fingerprint density at radius 1 is 1.38 bits per heavy atom. The molecule has 1 unspecified atom stereocenters. The Morgan fingerprint density at radius 3 is 2.44 bits per heavy atom. The molecule has 1 rings (SSSR count). The maximum Gasteiger partial charge on any atom is 0.226 e. The molecule has 16 heavy (non-hydrogen) atoms. The summed E-state index contributed by atoms with van der Waals surface area (Å²) in [6.45, 7) is 2.02. The van der Waals surface area contributed by atoms with Gasteiger partial charge in [0.2, 0.25) is 5.91 Å². The summed E-state index contributed by atoms with van der Waals surface area (Å²) in [5, 5.41) is 0.801. The van der Waals surface area contributed by atoms with Crippen LogP contribution in [0.2, 0.25) is 0 Å². The Labute approximate surface area is 113 Å². The van der Waals surface area contributed by atoms with Crippen LogP contribution in [0.25, 0.3) is 0 Å². The van der Waals surface area contributed by atoms with E-state index in [-0.39, 0.29) is 11.9 Å². The Kier molecular flexibility index (Phi) is 5.49. The van der Waals surface area contributed by atoms with Crippen LogP contribution in [0.5, 0.6) is 0 Å². The molecule has 0 radical (unpaired) electrons. The quantitative estimate of drug-likeness (QED) is 0.765. The highest BCUT2D eigenvalue weighted by molar-refractivity contribution is 9.10. The molecule has 1 aromatic rings. The number of carbonyl (C=O) groups excluding carboxylic acids is 1. The van der Waals surface area contributed by atoms with Crippen molar-refractivity contribution in [2.45, 2.75) is 19.4 Å². The lowest BCUT2D eigenvalue weighted by atomic mass is 10.1. The number of rotatable bonds is 4. The number of alkyl halides is 1. The fourth-order valence-corrected chi connectivity index (χ4v) is 1.95. The van der Waals surface area contributed by atoms with Gasteiger partial charge in [-0.1, -0.05) is 44.0 Å². The van der Waals surface area contributed by atoms with Crippen LogP contribution in [0.3, 0.4) is 0 Å². The number of hydrogen-bond donors (Lipinski definition) is 0. The molecule has 0 aromatic heterocycles. The molecule has 0 aliphatic rings. The normalized spacial score (nSPS) is 12.2. The molecule has 2 nitrogen and oxygen atoms in total. The van der Waals surface area contributed by atoms with Gasteiger partial charge in [-0.15, -0.1) is 0 Å². The molecule has 0 fully saturated rings. The van der Waals surface area contributed by atoms with Crippen LogP contribution in [0, 0.1) is 0 Å². The van der Waals surface area contributed by atoms with E-state index in [0.717, 1.165) is 15.4 Å². The minimum Gasteiger partial charge on any atom is -0.342 e. The van der Waals surface area contributed by atoms with Crippen LogP contribution >= 0.6 is 31.9 Å². The van der Waals surface area contributed by atoms with Gasteiger partial charge in [-0.25, -0.2) is 0 Å². The Hall–Kier alpha value is -0.350. The van der Waals surface area contributed by atoms with E-state index < -0.39 is 0 Å². The summed E-state index contributed by atoms with van der Waals surface area (Å²) in [4.78, 5) is 13.7. The topological polar surface area (TPSA) is 20.3 Å². The molecule has 0 bridgehead atoms. The van der Waals surface area contributed by atoms with E-state index in [0.29, 0.717) is 6.42 Å². The van der Waals surface area contributed by atoms with Crippen molar-refractivity contribution in [1.82, 2.24) is 4.90 Å². The Balaban J connectivity index is 2.60. The first kappa shape index (κ1) is 13.7. The number of benzene rings is 1. The Bertz CT molecular complexity index is 351. The van der Waals surface area contributed by atoms with Gasteiger partial charge in [0, 0.05) is 22.9 Å². The summed E-state index contributed by atoms with van der Waals surface area (Å²) in [5.41, 5.74) is 1.04. The first-order chi connectivity index (χ1) is 7.54. The Morgan fingerprint density at radius 2 is 1.94 bits per heavy atom. The van der Waals surface area contributed by atoms with Gasteiger partial charge in [0.1, 0.15) is 0 Å². The van der Waals surface area contributed by atoms with E-state index in [4.69, 9.17) is 0 Å². The zero-order valence-electron chi connectivity index (χ0n) is 9.41. The molecule has 0 N–H and O–H groups in total.